The van der Waals surface area contributed by atoms with Crippen LogP contribution in [0.3, 0.4) is 0 Å². The van der Waals surface area contributed by atoms with Gasteiger partial charge < -0.3 is 20.6 Å². The van der Waals surface area contributed by atoms with Gasteiger partial charge in [-0.25, -0.2) is 9.97 Å². The molecule has 1 aliphatic rings. The largest absolute Gasteiger partial charge is 0.509 e. The highest BCUT2D eigenvalue weighted by molar-refractivity contribution is 14.1. The lowest BCUT2D eigenvalue weighted by molar-refractivity contribution is 0.0882. The molecule has 0 radical (unpaired) electrons. The molecule has 1 aliphatic heterocycles. The molecule has 2 aromatic rings. The Morgan fingerprint density at radius 3 is 3.16 bits per heavy atom. The van der Waals surface area contributed by atoms with Crippen molar-refractivity contribution in [2.24, 2.45) is 0 Å². The number of aliphatic hydroxyl groups excluding tert-OH is 1. The highest BCUT2D eigenvalue weighted by Crippen LogP contribution is 2.33. The quantitative estimate of drug-likeness (QED) is 0.412. The summed E-state index contributed by atoms with van der Waals surface area (Å²) in [5, 5.41) is 9.79. The summed E-state index contributed by atoms with van der Waals surface area (Å²) in [6.07, 6.45) is 1.65. The van der Waals surface area contributed by atoms with Crippen molar-refractivity contribution in [2.75, 3.05) is 10.2 Å². The van der Waals surface area contributed by atoms with E-state index >= 15 is 0 Å². The summed E-state index contributed by atoms with van der Waals surface area (Å²) in [5.74, 6) is 1.08. The third kappa shape index (κ3) is 2.06. The first kappa shape index (κ1) is 12.7. The molecule has 7 nitrogen and oxygen atoms in total. The Bertz CT molecular complexity index is 737. The van der Waals surface area contributed by atoms with Crippen molar-refractivity contribution in [3.05, 3.63) is 22.5 Å². The summed E-state index contributed by atoms with van der Waals surface area (Å²) in [5.41, 5.74) is 6.86. The zero-order valence-electron chi connectivity index (χ0n) is 9.63. The van der Waals surface area contributed by atoms with Crippen LogP contribution in [0.25, 0.3) is 11.2 Å². The fourth-order valence-electron chi connectivity index (χ4n) is 1.99. The number of nitrogens with zero attached hydrogens (tertiary/aromatic N) is 3. The molecule has 4 N–H and O–H groups in total. The number of imidazole rings is 1. The summed E-state index contributed by atoms with van der Waals surface area (Å²) in [6, 6.07) is 0. The molecule has 0 amide bonds. The van der Waals surface area contributed by atoms with Crippen LogP contribution < -0.4 is 5.73 Å². The monoisotopic (exact) mass is 391 g/mol. The number of anilines is 1. The molecule has 3 rings (SSSR count). The maximum Gasteiger partial charge on any atom is 0.200 e. The number of aliphatic hydroxyl groups is 1. The van der Waals surface area contributed by atoms with Gasteiger partial charge >= 0.3 is 0 Å². The predicted octanol–water partition coefficient (Wildman–Crippen LogP) is 2.19. The van der Waals surface area contributed by atoms with Crippen molar-refractivity contribution in [2.45, 2.75) is 12.6 Å². The number of halogens is 1. The number of aromatic nitrogens is 4. The Kier molecular flexibility index (Phi) is 3.09. The van der Waals surface area contributed by atoms with Crippen LogP contribution in [0, 0.1) is 4.64 Å². The third-order valence-corrected chi connectivity index (χ3v) is 3.84. The van der Waals surface area contributed by atoms with Gasteiger partial charge in [0.1, 0.15) is 29.0 Å². The number of nitrogens with one attached hydrogen (secondary N) is 1. The van der Waals surface area contributed by atoms with Crippen LogP contribution in [-0.2, 0) is 4.74 Å². The van der Waals surface area contributed by atoms with Crippen LogP contribution >= 0.6 is 34.8 Å². The fourth-order valence-corrected chi connectivity index (χ4v) is 2.86. The molecule has 100 valence electrons. The highest BCUT2D eigenvalue weighted by Gasteiger charge is 2.27. The molecule has 0 aliphatic carbocycles. The van der Waals surface area contributed by atoms with Crippen LogP contribution in [0.4, 0.5) is 5.95 Å². The summed E-state index contributed by atoms with van der Waals surface area (Å²) < 4.78 is 8.41. The van der Waals surface area contributed by atoms with E-state index in [-0.39, 0.29) is 17.9 Å². The van der Waals surface area contributed by atoms with Gasteiger partial charge in [0.05, 0.1) is 10.8 Å². The molecule has 0 bridgehead atoms. The maximum atomic E-state index is 9.79. The predicted molar refractivity (Wildman–Crippen MR) is 80.4 cm³/mol. The zero-order valence-corrected chi connectivity index (χ0v) is 12.6. The Morgan fingerprint density at radius 1 is 1.68 bits per heavy atom. The van der Waals surface area contributed by atoms with Gasteiger partial charge in [0.2, 0.25) is 0 Å². The number of rotatable bonds is 2. The van der Waals surface area contributed by atoms with E-state index in [1.165, 1.54) is 0 Å². The van der Waals surface area contributed by atoms with Gasteiger partial charge in [-0.1, -0.05) is 34.8 Å². The number of aromatic amines is 1. The molecule has 0 saturated carbocycles. The molecular formula is C10H10IN5O2S. The second kappa shape index (κ2) is 4.63. The topological polar surface area (TPSA) is 102 Å². The minimum absolute atomic E-state index is 0.226. The number of hydrogen-bond acceptors (Lipinski definition) is 6. The van der Waals surface area contributed by atoms with Crippen molar-refractivity contribution in [1.29, 1.82) is 0 Å². The van der Waals surface area contributed by atoms with E-state index in [9.17, 15) is 5.11 Å². The van der Waals surface area contributed by atoms with Crippen LogP contribution in [0.2, 0.25) is 0 Å². The van der Waals surface area contributed by atoms with Crippen molar-refractivity contribution >= 4 is 51.9 Å². The summed E-state index contributed by atoms with van der Waals surface area (Å²) in [7, 11) is 0. The molecular weight excluding hydrogens is 381 g/mol. The van der Waals surface area contributed by atoms with Crippen LogP contribution in [-0.4, -0.2) is 29.1 Å². The second-order valence-electron chi connectivity index (χ2n) is 4.06. The Morgan fingerprint density at radius 2 is 2.47 bits per heavy atom. The summed E-state index contributed by atoms with van der Waals surface area (Å²) >= 11 is 7.25. The van der Waals surface area contributed by atoms with E-state index in [4.69, 9.17) is 22.7 Å². The van der Waals surface area contributed by atoms with Crippen LogP contribution in [0.15, 0.2) is 17.8 Å². The Balaban J connectivity index is 2.06. The van der Waals surface area contributed by atoms with Gasteiger partial charge in [-0.05, 0) is 0 Å². The van der Waals surface area contributed by atoms with Crippen LogP contribution in [0.1, 0.15) is 12.6 Å². The number of alkyl halides is 1. The Labute approximate surface area is 126 Å². The summed E-state index contributed by atoms with van der Waals surface area (Å²) in [4.78, 5) is 11.1. The smallest absolute Gasteiger partial charge is 0.200 e. The molecule has 3 heterocycles. The number of H-pyrrole nitrogens is 1. The summed E-state index contributed by atoms with van der Waals surface area (Å²) in [6.45, 7) is 0. The normalized spacial score (nSPS) is 19.1. The number of nitrogen functional groups attached to an aromatic ring is 1. The zero-order chi connectivity index (χ0) is 13.6. The lowest BCUT2D eigenvalue weighted by atomic mass is 10.3. The average molecular weight is 391 g/mol. The average Bonchev–Trinajstić information content (AvgIpc) is 2.92. The lowest BCUT2D eigenvalue weighted by Gasteiger charge is -2.14. The lowest BCUT2D eigenvalue weighted by Crippen LogP contribution is -2.09. The highest BCUT2D eigenvalue weighted by atomic mass is 127. The first-order valence-electron chi connectivity index (χ1n) is 5.46. The first-order valence-corrected chi connectivity index (χ1v) is 7.39. The molecule has 1 atom stereocenters. The van der Waals surface area contributed by atoms with E-state index in [0.717, 1.165) is 0 Å². The molecule has 0 aromatic carbocycles. The van der Waals surface area contributed by atoms with Gasteiger partial charge in [0.25, 0.3) is 0 Å². The number of ether oxygens (including phenoxy) is 1. The number of nitrogens with two attached hydrogens (primary N) is 1. The van der Waals surface area contributed by atoms with Gasteiger partial charge in [-0.2, -0.15) is 0 Å². The fraction of sp³-hybridized carbons (Fsp3) is 0.300. The molecule has 19 heavy (non-hydrogen) atoms. The van der Waals surface area contributed by atoms with E-state index in [0.29, 0.717) is 32.4 Å². The van der Waals surface area contributed by atoms with Gasteiger partial charge in [0, 0.05) is 0 Å². The third-order valence-electron chi connectivity index (χ3n) is 2.86. The maximum absolute atomic E-state index is 9.79. The van der Waals surface area contributed by atoms with Crippen molar-refractivity contribution < 1.29 is 9.84 Å². The van der Waals surface area contributed by atoms with E-state index in [1.54, 1.807) is 10.9 Å². The number of fused-ring (bicyclic) bond motifs is 1. The second-order valence-corrected chi connectivity index (χ2v) is 5.21. The SMILES string of the molecule is Nc1nc(=S)c2ncn([C@H]3CC(O)=C(CI)O3)c2[nH]1. The van der Waals surface area contributed by atoms with Crippen molar-refractivity contribution in [3.63, 3.8) is 0 Å². The molecule has 2 aromatic heterocycles. The standard InChI is InChI=1S/C10H10IN5O2S/c11-2-5-4(17)1-6(18-5)16-3-13-7-8(16)14-10(12)15-9(7)19/h3,6,17H,1-2H2,(H3,12,14,15,19)/t6-/m1/s1. The van der Waals surface area contributed by atoms with Crippen LogP contribution in [0.5, 0.6) is 0 Å². The molecule has 9 heteroatoms. The molecule has 0 fully saturated rings. The molecule has 0 saturated heterocycles. The Hall–Kier alpha value is -1.36. The molecule has 0 spiro atoms. The van der Waals surface area contributed by atoms with Crippen molar-refractivity contribution in [1.82, 2.24) is 19.5 Å². The van der Waals surface area contributed by atoms with Gasteiger partial charge in [-0.15, -0.1) is 0 Å². The number of allylic oxidation sites excluding steroid dienone is 1. The minimum Gasteiger partial charge on any atom is -0.509 e. The van der Waals surface area contributed by atoms with Gasteiger partial charge in [-0.3, -0.25) is 4.57 Å². The first-order chi connectivity index (χ1) is 9.10. The van der Waals surface area contributed by atoms with Gasteiger partial charge in [0.15, 0.2) is 16.8 Å². The number of hydrogen-bond donors (Lipinski definition) is 3. The minimum atomic E-state index is -0.345. The van der Waals surface area contributed by atoms with Crippen molar-refractivity contribution in [3.8, 4) is 0 Å². The van der Waals surface area contributed by atoms with E-state index < -0.39 is 0 Å². The molecule has 0 unspecified atom stereocenters. The van der Waals surface area contributed by atoms with E-state index in [1.807, 2.05) is 0 Å². The van der Waals surface area contributed by atoms with E-state index in [2.05, 4.69) is 37.5 Å².